The van der Waals surface area contributed by atoms with E-state index in [1.165, 1.54) is 0 Å². The van der Waals surface area contributed by atoms with E-state index in [2.05, 4.69) is 13.8 Å². The van der Waals surface area contributed by atoms with Crippen molar-refractivity contribution in [3.8, 4) is 0 Å². The molecule has 0 saturated carbocycles. The van der Waals surface area contributed by atoms with Gasteiger partial charge in [-0.1, -0.05) is 13.8 Å². The van der Waals surface area contributed by atoms with Gasteiger partial charge < -0.3 is 9.84 Å². The number of hydrogen-bond acceptors (Lipinski definition) is 2. The molecule has 0 aromatic carbocycles. The highest BCUT2D eigenvalue weighted by atomic mass is 31.1. The van der Waals surface area contributed by atoms with E-state index in [4.69, 9.17) is 9.84 Å². The summed E-state index contributed by atoms with van der Waals surface area (Å²) in [5.74, 6) is -0.957. The first-order valence-corrected chi connectivity index (χ1v) is 5.30. The largest absolute Gasteiger partial charge is 0.366 e. The predicted molar refractivity (Wildman–Crippen MR) is 50.6 cm³/mol. The Kier molecular flexibility index (Phi) is 5.24. The molecule has 0 spiro atoms. The SMILES string of the molecule is CC(C)PCCOC(C)(C)O. The topological polar surface area (TPSA) is 29.5 Å². The van der Waals surface area contributed by atoms with Gasteiger partial charge in [-0.05, 0) is 25.7 Å². The third-order valence-electron chi connectivity index (χ3n) is 1.11. The molecule has 1 atom stereocenters. The first kappa shape index (κ1) is 11.4. The third-order valence-corrected chi connectivity index (χ3v) is 2.42. The summed E-state index contributed by atoms with van der Waals surface area (Å²) in [5.41, 5.74) is 0.750. The number of ether oxygens (including phenoxy) is 1. The maximum atomic E-state index is 9.16. The Morgan fingerprint density at radius 2 is 2.00 bits per heavy atom. The summed E-state index contributed by atoms with van der Waals surface area (Å²) in [5, 5.41) is 9.16. The Labute approximate surface area is 71.1 Å². The zero-order chi connectivity index (χ0) is 8.91. The molecule has 68 valence electrons. The minimum atomic E-state index is -0.957. The lowest BCUT2D eigenvalue weighted by Gasteiger charge is -2.18. The van der Waals surface area contributed by atoms with Crippen molar-refractivity contribution >= 4 is 8.58 Å². The van der Waals surface area contributed by atoms with Crippen LogP contribution in [0.15, 0.2) is 0 Å². The second-order valence-corrected chi connectivity index (χ2v) is 5.47. The molecular formula is C8H19O2P. The molecule has 1 N–H and O–H groups in total. The summed E-state index contributed by atoms with van der Waals surface area (Å²) in [6.45, 7) is 8.38. The average molecular weight is 178 g/mol. The van der Waals surface area contributed by atoms with Crippen LogP contribution < -0.4 is 0 Å². The van der Waals surface area contributed by atoms with Crippen LogP contribution in [0.5, 0.6) is 0 Å². The standard InChI is InChI=1S/C8H19O2P/c1-7(2)11-6-5-10-8(3,4)9/h7,9,11H,5-6H2,1-4H3. The minimum Gasteiger partial charge on any atom is -0.366 e. The van der Waals surface area contributed by atoms with Gasteiger partial charge in [0.25, 0.3) is 0 Å². The van der Waals surface area contributed by atoms with Crippen molar-refractivity contribution in [2.24, 2.45) is 0 Å². The summed E-state index contributed by atoms with van der Waals surface area (Å²) in [7, 11) is 0.938. The van der Waals surface area contributed by atoms with Gasteiger partial charge in [0.2, 0.25) is 0 Å². The number of rotatable bonds is 5. The van der Waals surface area contributed by atoms with Crippen LogP contribution in [-0.2, 0) is 4.74 Å². The van der Waals surface area contributed by atoms with Crippen LogP contribution in [0, 0.1) is 0 Å². The quantitative estimate of drug-likeness (QED) is 0.395. The van der Waals surface area contributed by atoms with E-state index in [-0.39, 0.29) is 0 Å². The first-order chi connectivity index (χ1) is 4.92. The fourth-order valence-corrected chi connectivity index (χ4v) is 1.45. The van der Waals surface area contributed by atoms with Gasteiger partial charge in [0.05, 0.1) is 6.61 Å². The third kappa shape index (κ3) is 10.4. The van der Waals surface area contributed by atoms with Gasteiger partial charge in [0.15, 0.2) is 5.79 Å². The van der Waals surface area contributed by atoms with Gasteiger partial charge in [-0.15, -0.1) is 8.58 Å². The lowest BCUT2D eigenvalue weighted by Crippen LogP contribution is -2.24. The summed E-state index contributed by atoms with van der Waals surface area (Å²) in [6, 6.07) is 0. The van der Waals surface area contributed by atoms with Crippen LogP contribution in [0.2, 0.25) is 0 Å². The van der Waals surface area contributed by atoms with Crippen molar-refractivity contribution in [3.63, 3.8) is 0 Å². The summed E-state index contributed by atoms with van der Waals surface area (Å²) in [4.78, 5) is 0. The van der Waals surface area contributed by atoms with Crippen molar-refractivity contribution in [2.75, 3.05) is 12.8 Å². The molecule has 0 saturated heterocycles. The molecule has 0 heterocycles. The van der Waals surface area contributed by atoms with Crippen molar-refractivity contribution in [2.45, 2.75) is 39.1 Å². The highest BCUT2D eigenvalue weighted by Crippen LogP contribution is 2.17. The van der Waals surface area contributed by atoms with Gasteiger partial charge in [-0.3, -0.25) is 0 Å². The number of aliphatic hydroxyl groups is 1. The van der Waals surface area contributed by atoms with Crippen LogP contribution in [0.3, 0.4) is 0 Å². The number of hydrogen-bond donors (Lipinski definition) is 1. The second kappa shape index (κ2) is 5.08. The van der Waals surface area contributed by atoms with Gasteiger partial charge in [0, 0.05) is 0 Å². The molecule has 2 nitrogen and oxygen atoms in total. The summed E-state index contributed by atoms with van der Waals surface area (Å²) < 4.78 is 5.14. The van der Waals surface area contributed by atoms with Crippen LogP contribution in [-0.4, -0.2) is 29.3 Å². The van der Waals surface area contributed by atoms with E-state index < -0.39 is 5.79 Å². The van der Waals surface area contributed by atoms with Crippen molar-refractivity contribution < 1.29 is 9.84 Å². The van der Waals surface area contributed by atoms with E-state index >= 15 is 0 Å². The van der Waals surface area contributed by atoms with E-state index in [0.717, 1.165) is 20.4 Å². The molecule has 0 aliphatic heterocycles. The van der Waals surface area contributed by atoms with Crippen molar-refractivity contribution in [3.05, 3.63) is 0 Å². The van der Waals surface area contributed by atoms with E-state index in [9.17, 15) is 0 Å². The van der Waals surface area contributed by atoms with Gasteiger partial charge >= 0.3 is 0 Å². The smallest absolute Gasteiger partial charge is 0.159 e. The molecule has 0 amide bonds. The van der Waals surface area contributed by atoms with Crippen LogP contribution in [0.25, 0.3) is 0 Å². The average Bonchev–Trinajstić information content (AvgIpc) is 1.78. The molecule has 0 aliphatic rings. The fourth-order valence-electron chi connectivity index (χ4n) is 0.648. The summed E-state index contributed by atoms with van der Waals surface area (Å²) >= 11 is 0. The Hall–Kier alpha value is 0.350. The molecule has 0 aromatic heterocycles. The van der Waals surface area contributed by atoms with Gasteiger partial charge in [-0.2, -0.15) is 0 Å². The maximum absolute atomic E-state index is 9.16. The minimum absolute atomic E-state index is 0.667. The summed E-state index contributed by atoms with van der Waals surface area (Å²) in [6.07, 6.45) is 1.06. The molecule has 3 heteroatoms. The van der Waals surface area contributed by atoms with Crippen LogP contribution >= 0.6 is 8.58 Å². The zero-order valence-electron chi connectivity index (χ0n) is 7.85. The van der Waals surface area contributed by atoms with E-state index in [1.807, 2.05) is 0 Å². The molecule has 0 aromatic rings. The molecule has 0 fully saturated rings. The normalized spacial score (nSPS) is 13.6. The molecule has 1 unspecified atom stereocenters. The van der Waals surface area contributed by atoms with Crippen LogP contribution in [0.4, 0.5) is 0 Å². The van der Waals surface area contributed by atoms with Gasteiger partial charge in [-0.25, -0.2) is 0 Å². The van der Waals surface area contributed by atoms with E-state index in [1.54, 1.807) is 13.8 Å². The maximum Gasteiger partial charge on any atom is 0.159 e. The predicted octanol–water partition coefficient (Wildman–Crippen LogP) is 1.82. The van der Waals surface area contributed by atoms with Crippen LogP contribution in [0.1, 0.15) is 27.7 Å². The van der Waals surface area contributed by atoms with Crippen molar-refractivity contribution in [1.82, 2.24) is 0 Å². The van der Waals surface area contributed by atoms with E-state index in [0.29, 0.717) is 6.61 Å². The molecule has 0 aliphatic carbocycles. The lowest BCUT2D eigenvalue weighted by atomic mass is 10.4. The molecule has 0 bridgehead atoms. The zero-order valence-corrected chi connectivity index (χ0v) is 8.85. The Morgan fingerprint density at radius 1 is 1.45 bits per heavy atom. The van der Waals surface area contributed by atoms with Crippen molar-refractivity contribution in [1.29, 1.82) is 0 Å². The van der Waals surface area contributed by atoms with Gasteiger partial charge in [0.1, 0.15) is 0 Å². The Morgan fingerprint density at radius 3 is 2.36 bits per heavy atom. The lowest BCUT2D eigenvalue weighted by molar-refractivity contribution is -0.171. The Balaban J connectivity index is 3.15. The highest BCUT2D eigenvalue weighted by Gasteiger charge is 2.11. The monoisotopic (exact) mass is 178 g/mol. The molecule has 11 heavy (non-hydrogen) atoms. The highest BCUT2D eigenvalue weighted by molar-refractivity contribution is 7.38. The molecule has 0 radical (unpaired) electrons. The Bertz CT molecular complexity index is 96.8. The first-order valence-electron chi connectivity index (χ1n) is 4.01. The molecular weight excluding hydrogens is 159 g/mol. The molecule has 0 rings (SSSR count). The fraction of sp³-hybridized carbons (Fsp3) is 1.00. The second-order valence-electron chi connectivity index (χ2n) is 3.40.